The third kappa shape index (κ3) is 4.59. The maximum atomic E-state index is 12.9. The number of Topliss-reactive ketones (excluding diaryl/α,β-unsaturated/α-hetero) is 1. The molecule has 2 heterocycles. The van der Waals surface area contributed by atoms with E-state index in [-0.39, 0.29) is 17.1 Å². The number of ketones is 1. The highest BCUT2D eigenvalue weighted by atomic mass is 19.4. The number of aromatic nitrogens is 3. The third-order valence-electron chi connectivity index (χ3n) is 4.56. The number of benzene rings is 1. The van der Waals surface area contributed by atoms with Crippen molar-refractivity contribution >= 4 is 17.4 Å². The van der Waals surface area contributed by atoms with Crippen molar-refractivity contribution in [1.29, 1.82) is 5.26 Å². The van der Waals surface area contributed by atoms with E-state index in [4.69, 9.17) is 4.74 Å². The van der Waals surface area contributed by atoms with Crippen LogP contribution < -0.4 is 10.1 Å². The number of hydrogen-bond acceptors (Lipinski definition) is 6. The largest absolute Gasteiger partial charge is 0.497 e. The zero-order valence-electron chi connectivity index (χ0n) is 16.8. The molecule has 1 unspecified atom stereocenters. The first-order valence-electron chi connectivity index (χ1n) is 9.12. The number of nitrogens with zero attached hydrogens (tertiary/aromatic N) is 4. The molecular weight excluding hydrogens is 427 g/mol. The number of amides is 1. The van der Waals surface area contributed by atoms with Crippen LogP contribution in [0.2, 0.25) is 0 Å². The molecule has 0 radical (unpaired) electrons. The molecule has 1 N–H and O–H groups in total. The van der Waals surface area contributed by atoms with Crippen molar-refractivity contribution in [2.45, 2.75) is 13.1 Å². The van der Waals surface area contributed by atoms with Gasteiger partial charge in [0.25, 0.3) is 0 Å². The fraction of sp³-hybridized carbons (Fsp3) is 0.190. The first-order chi connectivity index (χ1) is 15.2. The molecule has 164 valence electrons. The number of hydrogen-bond donors (Lipinski definition) is 1. The van der Waals surface area contributed by atoms with Crippen molar-refractivity contribution in [2.75, 3.05) is 12.4 Å². The minimum absolute atomic E-state index is 0.0287. The number of rotatable bonds is 6. The van der Waals surface area contributed by atoms with E-state index in [1.165, 1.54) is 20.1 Å². The quantitative estimate of drug-likeness (QED) is 0.461. The van der Waals surface area contributed by atoms with E-state index in [1.54, 1.807) is 24.3 Å². The van der Waals surface area contributed by atoms with E-state index < -0.39 is 29.3 Å². The van der Waals surface area contributed by atoms with Crippen molar-refractivity contribution in [3.63, 3.8) is 0 Å². The summed E-state index contributed by atoms with van der Waals surface area (Å²) in [7, 11) is 1.45. The number of alkyl halides is 3. The van der Waals surface area contributed by atoms with Crippen LogP contribution in [0.3, 0.4) is 0 Å². The molecule has 8 nitrogen and oxygen atoms in total. The monoisotopic (exact) mass is 443 g/mol. The number of carbonyl (C=O) groups excluding carboxylic acids is 2. The summed E-state index contributed by atoms with van der Waals surface area (Å²) < 4.78 is 44.4. The smallest absolute Gasteiger partial charge is 0.417 e. The molecule has 1 amide bonds. The molecule has 3 rings (SSSR count). The van der Waals surface area contributed by atoms with Gasteiger partial charge in [0.1, 0.15) is 5.75 Å². The van der Waals surface area contributed by atoms with Gasteiger partial charge < -0.3 is 10.1 Å². The Labute approximate surface area is 180 Å². The summed E-state index contributed by atoms with van der Waals surface area (Å²) in [5.74, 6) is -2.79. The Kier molecular flexibility index (Phi) is 6.25. The molecule has 2 aromatic heterocycles. The standard InChI is InChI=1S/C21H16F3N5O3/c1-12-17(11-27-29(12)18-7-6-13(10-26-18)21(22,23)24)19(30)16(9-25)20(31)28-14-4-3-5-15(8-14)32-2/h3-8,10-11,16H,1-2H3,(H,28,31). The summed E-state index contributed by atoms with van der Waals surface area (Å²) in [5, 5.41) is 15.9. The van der Waals surface area contributed by atoms with E-state index in [1.807, 2.05) is 0 Å². The summed E-state index contributed by atoms with van der Waals surface area (Å²) in [4.78, 5) is 29.1. The molecular formula is C21H16F3N5O3. The SMILES string of the molecule is COc1cccc(NC(=O)C(C#N)C(=O)c2cnn(-c3ccc(C(F)(F)F)cn3)c2C)c1. The molecule has 3 aromatic rings. The molecule has 32 heavy (non-hydrogen) atoms. The molecule has 0 fully saturated rings. The predicted octanol–water partition coefficient (Wildman–Crippen LogP) is 3.56. The van der Waals surface area contributed by atoms with E-state index in [0.29, 0.717) is 17.6 Å². The summed E-state index contributed by atoms with van der Waals surface area (Å²) >= 11 is 0. The summed E-state index contributed by atoms with van der Waals surface area (Å²) in [5.41, 5.74) is -0.402. The van der Waals surface area contributed by atoms with Gasteiger partial charge in [0.15, 0.2) is 17.5 Å². The lowest BCUT2D eigenvalue weighted by Crippen LogP contribution is -2.29. The fourth-order valence-electron chi connectivity index (χ4n) is 2.87. The third-order valence-corrected chi connectivity index (χ3v) is 4.56. The van der Waals surface area contributed by atoms with Crippen LogP contribution in [0.4, 0.5) is 18.9 Å². The lowest BCUT2D eigenvalue weighted by atomic mass is 9.98. The average Bonchev–Trinajstić information content (AvgIpc) is 3.15. The fourth-order valence-corrected chi connectivity index (χ4v) is 2.87. The molecule has 0 bridgehead atoms. The van der Waals surface area contributed by atoms with Gasteiger partial charge in [-0.1, -0.05) is 6.07 Å². The highest BCUT2D eigenvalue weighted by molar-refractivity contribution is 6.15. The molecule has 1 aromatic carbocycles. The van der Waals surface area contributed by atoms with Crippen LogP contribution in [0.15, 0.2) is 48.8 Å². The van der Waals surface area contributed by atoms with Crippen LogP contribution in [0.1, 0.15) is 21.6 Å². The Morgan fingerprint density at radius 2 is 1.97 bits per heavy atom. The number of halogens is 3. The van der Waals surface area contributed by atoms with Gasteiger partial charge in [0, 0.05) is 18.0 Å². The Bertz CT molecular complexity index is 1200. The number of ether oxygens (including phenoxy) is 1. The first kappa shape index (κ1) is 22.5. The van der Waals surface area contributed by atoms with E-state index >= 15 is 0 Å². The summed E-state index contributed by atoms with van der Waals surface area (Å²) in [6, 6.07) is 10.0. The number of pyridine rings is 1. The normalized spacial score (nSPS) is 12.0. The van der Waals surface area contributed by atoms with Gasteiger partial charge in [-0.25, -0.2) is 9.67 Å². The minimum atomic E-state index is -4.54. The number of nitriles is 1. The first-order valence-corrected chi connectivity index (χ1v) is 9.12. The number of carbonyl (C=O) groups is 2. The molecule has 0 aliphatic carbocycles. The Morgan fingerprint density at radius 3 is 2.56 bits per heavy atom. The summed E-state index contributed by atoms with van der Waals surface area (Å²) in [6.45, 7) is 1.48. The van der Waals surface area contributed by atoms with Crippen molar-refractivity contribution < 1.29 is 27.5 Å². The Balaban J connectivity index is 1.83. The van der Waals surface area contributed by atoms with Crippen LogP contribution in [0.25, 0.3) is 5.82 Å². The van der Waals surface area contributed by atoms with Crippen molar-refractivity contribution in [3.8, 4) is 17.6 Å². The van der Waals surface area contributed by atoms with Gasteiger partial charge in [-0.3, -0.25) is 9.59 Å². The summed E-state index contributed by atoms with van der Waals surface area (Å²) in [6.07, 6.45) is -2.75. The molecule has 0 saturated carbocycles. The predicted molar refractivity (Wildman–Crippen MR) is 106 cm³/mol. The maximum Gasteiger partial charge on any atom is 0.417 e. The van der Waals surface area contributed by atoms with E-state index in [9.17, 15) is 28.0 Å². The minimum Gasteiger partial charge on any atom is -0.497 e. The van der Waals surface area contributed by atoms with Gasteiger partial charge >= 0.3 is 6.18 Å². The maximum absolute atomic E-state index is 12.9. The van der Waals surface area contributed by atoms with E-state index in [2.05, 4.69) is 15.4 Å². The zero-order valence-corrected chi connectivity index (χ0v) is 16.8. The second-order valence-corrected chi connectivity index (χ2v) is 6.61. The second-order valence-electron chi connectivity index (χ2n) is 6.61. The van der Waals surface area contributed by atoms with Crippen molar-refractivity contribution in [3.05, 3.63) is 65.6 Å². The molecule has 0 aliphatic rings. The lowest BCUT2D eigenvalue weighted by molar-refractivity contribution is -0.137. The van der Waals surface area contributed by atoms with Crippen LogP contribution in [-0.2, 0) is 11.0 Å². The highest BCUT2D eigenvalue weighted by Crippen LogP contribution is 2.29. The molecule has 0 saturated heterocycles. The Morgan fingerprint density at radius 1 is 1.22 bits per heavy atom. The van der Waals surface area contributed by atoms with Gasteiger partial charge in [0.2, 0.25) is 5.91 Å². The lowest BCUT2D eigenvalue weighted by Gasteiger charge is -2.11. The van der Waals surface area contributed by atoms with Crippen LogP contribution in [0, 0.1) is 24.2 Å². The van der Waals surface area contributed by atoms with Crippen molar-refractivity contribution in [2.24, 2.45) is 5.92 Å². The van der Waals surface area contributed by atoms with Crippen molar-refractivity contribution in [1.82, 2.24) is 14.8 Å². The van der Waals surface area contributed by atoms with Gasteiger partial charge in [0.05, 0.1) is 36.2 Å². The molecule has 0 spiro atoms. The topological polar surface area (TPSA) is 110 Å². The second kappa shape index (κ2) is 8.89. The molecule has 11 heteroatoms. The van der Waals surface area contributed by atoms with Crippen LogP contribution in [-0.4, -0.2) is 33.6 Å². The Hall–Kier alpha value is -4.20. The van der Waals surface area contributed by atoms with Crippen LogP contribution in [0.5, 0.6) is 5.75 Å². The molecule has 1 atom stereocenters. The zero-order chi connectivity index (χ0) is 23.5. The van der Waals surface area contributed by atoms with Crippen LogP contribution >= 0.6 is 0 Å². The van der Waals surface area contributed by atoms with Gasteiger partial charge in [-0.2, -0.15) is 23.5 Å². The van der Waals surface area contributed by atoms with Gasteiger partial charge in [-0.05, 0) is 31.2 Å². The number of anilines is 1. The highest BCUT2D eigenvalue weighted by Gasteiger charge is 2.32. The molecule has 0 aliphatic heterocycles. The van der Waals surface area contributed by atoms with E-state index in [0.717, 1.165) is 23.0 Å². The number of nitrogens with one attached hydrogen (secondary N) is 1. The van der Waals surface area contributed by atoms with Gasteiger partial charge in [-0.15, -0.1) is 0 Å². The average molecular weight is 443 g/mol. The number of methoxy groups -OCH3 is 1.